The predicted molar refractivity (Wildman–Crippen MR) is 97.5 cm³/mol. The summed E-state index contributed by atoms with van der Waals surface area (Å²) in [5, 5.41) is 7.06. The monoisotopic (exact) mass is 380 g/mol. The molecule has 1 aromatic heterocycles. The molecule has 0 aliphatic heterocycles. The highest BCUT2D eigenvalue weighted by Gasteiger charge is 2.49. The van der Waals surface area contributed by atoms with Gasteiger partial charge in [-0.1, -0.05) is 13.3 Å². The number of ether oxygens (including phenoxy) is 1. The first kappa shape index (κ1) is 18.0. The van der Waals surface area contributed by atoms with E-state index in [-0.39, 0.29) is 28.5 Å². The molecular formula is C19H28N2O4S. The largest absolute Gasteiger partial charge is 0.475 e. The summed E-state index contributed by atoms with van der Waals surface area (Å²) in [5.74, 6) is 2.80. The molecule has 1 aromatic rings. The molecular weight excluding hydrogens is 352 g/mol. The second-order valence-corrected chi connectivity index (χ2v) is 9.55. The van der Waals surface area contributed by atoms with E-state index < -0.39 is 10.8 Å². The lowest BCUT2D eigenvalue weighted by atomic mass is 9.54. The molecule has 26 heavy (non-hydrogen) atoms. The third-order valence-electron chi connectivity index (χ3n) is 6.38. The minimum atomic E-state index is -1.40. The van der Waals surface area contributed by atoms with Crippen molar-refractivity contribution in [1.82, 2.24) is 10.5 Å². The lowest BCUT2D eigenvalue weighted by molar-refractivity contribution is -0.0124. The SMILES string of the molecule is CCCCOc1noc(C(=O)NC2C3CC4CC(C3)CC2C4)c1S(C)=O. The number of unbranched alkanes of at least 4 members (excludes halogenated alkanes) is 1. The van der Waals surface area contributed by atoms with Crippen molar-refractivity contribution in [2.75, 3.05) is 12.9 Å². The molecule has 4 saturated carbocycles. The topological polar surface area (TPSA) is 81.4 Å². The molecule has 1 amide bonds. The van der Waals surface area contributed by atoms with Crippen LogP contribution in [-0.4, -0.2) is 34.2 Å². The quantitative estimate of drug-likeness (QED) is 0.735. The fourth-order valence-corrected chi connectivity index (χ4v) is 6.18. The van der Waals surface area contributed by atoms with Gasteiger partial charge in [0.2, 0.25) is 5.76 Å². The minimum absolute atomic E-state index is 0.0474. The Morgan fingerprint density at radius 2 is 1.88 bits per heavy atom. The van der Waals surface area contributed by atoms with Gasteiger partial charge < -0.3 is 14.6 Å². The van der Waals surface area contributed by atoms with Gasteiger partial charge in [-0.2, -0.15) is 0 Å². The van der Waals surface area contributed by atoms with Gasteiger partial charge in [0.05, 0.1) is 17.4 Å². The third-order valence-corrected chi connectivity index (χ3v) is 7.31. The van der Waals surface area contributed by atoms with E-state index in [4.69, 9.17) is 9.26 Å². The highest BCUT2D eigenvalue weighted by Crippen LogP contribution is 2.53. The number of carbonyl (C=O) groups excluding carboxylic acids is 1. The molecule has 0 aromatic carbocycles. The molecule has 0 radical (unpaired) electrons. The van der Waals surface area contributed by atoms with Gasteiger partial charge in [0.25, 0.3) is 11.8 Å². The van der Waals surface area contributed by atoms with Crippen LogP contribution in [0.25, 0.3) is 0 Å². The first-order chi connectivity index (χ1) is 12.6. The van der Waals surface area contributed by atoms with Gasteiger partial charge in [-0.15, -0.1) is 0 Å². The Morgan fingerprint density at radius 3 is 2.46 bits per heavy atom. The molecule has 1 unspecified atom stereocenters. The van der Waals surface area contributed by atoms with Gasteiger partial charge in [-0.25, -0.2) is 0 Å². The fourth-order valence-electron chi connectivity index (χ4n) is 5.45. The van der Waals surface area contributed by atoms with Crippen molar-refractivity contribution < 1.29 is 18.3 Å². The highest BCUT2D eigenvalue weighted by atomic mass is 32.2. The average Bonchev–Trinajstić information content (AvgIpc) is 3.02. The van der Waals surface area contributed by atoms with Crippen molar-refractivity contribution in [2.24, 2.45) is 23.7 Å². The third kappa shape index (κ3) is 3.30. The smallest absolute Gasteiger partial charge is 0.291 e. The molecule has 144 valence electrons. The Morgan fingerprint density at radius 1 is 1.23 bits per heavy atom. The summed E-state index contributed by atoms with van der Waals surface area (Å²) in [4.78, 5) is 13.2. The normalized spacial score (nSPS) is 33.2. The number of carbonyl (C=O) groups is 1. The number of hydrogen-bond donors (Lipinski definition) is 1. The van der Waals surface area contributed by atoms with Crippen LogP contribution in [0.4, 0.5) is 0 Å². The van der Waals surface area contributed by atoms with E-state index in [2.05, 4.69) is 17.4 Å². The van der Waals surface area contributed by atoms with Crippen molar-refractivity contribution in [2.45, 2.75) is 62.8 Å². The maximum atomic E-state index is 12.9. The van der Waals surface area contributed by atoms with Gasteiger partial charge in [0.1, 0.15) is 0 Å². The number of aromatic nitrogens is 1. The number of nitrogens with zero attached hydrogens (tertiary/aromatic N) is 1. The summed E-state index contributed by atoms with van der Waals surface area (Å²) in [6.45, 7) is 2.54. The van der Waals surface area contributed by atoms with E-state index in [9.17, 15) is 9.00 Å². The van der Waals surface area contributed by atoms with E-state index >= 15 is 0 Å². The van der Waals surface area contributed by atoms with Crippen LogP contribution in [0, 0.1) is 23.7 Å². The van der Waals surface area contributed by atoms with Crippen molar-refractivity contribution >= 4 is 16.7 Å². The molecule has 1 N–H and O–H groups in total. The standard InChI is InChI=1S/C19H28N2O4S/c1-3-4-5-24-19-17(26(2)23)16(25-21-19)18(22)20-15-13-7-11-6-12(9-13)10-14(15)8-11/h11-15H,3-10H2,1-2H3,(H,20,22). The van der Waals surface area contributed by atoms with Gasteiger partial charge in [0, 0.05) is 12.3 Å². The number of amides is 1. The van der Waals surface area contributed by atoms with E-state index in [0.717, 1.165) is 24.7 Å². The van der Waals surface area contributed by atoms with Crippen LogP contribution in [0.5, 0.6) is 5.88 Å². The van der Waals surface area contributed by atoms with Crippen LogP contribution in [0.2, 0.25) is 0 Å². The summed E-state index contributed by atoms with van der Waals surface area (Å²) in [7, 11) is -1.40. The van der Waals surface area contributed by atoms with Crippen molar-refractivity contribution in [1.29, 1.82) is 0 Å². The number of rotatable bonds is 7. The lowest BCUT2D eigenvalue weighted by Gasteiger charge is -2.54. The summed E-state index contributed by atoms with van der Waals surface area (Å²) < 4.78 is 23.0. The first-order valence-electron chi connectivity index (χ1n) is 9.83. The summed E-state index contributed by atoms with van der Waals surface area (Å²) in [6.07, 6.45) is 9.68. The maximum Gasteiger partial charge on any atom is 0.291 e. The summed E-state index contributed by atoms with van der Waals surface area (Å²) in [5.41, 5.74) is 0. The Bertz CT molecular complexity index is 674. The van der Waals surface area contributed by atoms with Gasteiger partial charge in [-0.3, -0.25) is 9.00 Å². The zero-order chi connectivity index (χ0) is 18.3. The van der Waals surface area contributed by atoms with Crippen LogP contribution in [0.1, 0.15) is 62.4 Å². The Hall–Kier alpha value is -1.37. The Balaban J connectivity index is 1.49. The van der Waals surface area contributed by atoms with Crippen LogP contribution >= 0.6 is 0 Å². The molecule has 1 heterocycles. The van der Waals surface area contributed by atoms with Crippen LogP contribution in [-0.2, 0) is 10.8 Å². The highest BCUT2D eigenvalue weighted by molar-refractivity contribution is 7.84. The van der Waals surface area contributed by atoms with Crippen molar-refractivity contribution in [3.63, 3.8) is 0 Å². The van der Waals surface area contributed by atoms with E-state index in [1.165, 1.54) is 38.4 Å². The summed E-state index contributed by atoms with van der Waals surface area (Å²) in [6, 6.07) is 0.211. The molecule has 7 heteroatoms. The maximum absolute atomic E-state index is 12.9. The molecule has 4 aliphatic carbocycles. The molecule has 4 aliphatic rings. The Labute approximate surface area is 156 Å². The second-order valence-electron chi connectivity index (χ2n) is 8.23. The number of hydrogen-bond acceptors (Lipinski definition) is 5. The predicted octanol–water partition coefficient (Wildman–Crippen LogP) is 3.15. The molecule has 0 spiro atoms. The number of nitrogens with one attached hydrogen (secondary N) is 1. The molecule has 4 bridgehead atoms. The van der Waals surface area contributed by atoms with E-state index in [1.807, 2.05) is 0 Å². The molecule has 6 nitrogen and oxygen atoms in total. The molecule has 0 saturated heterocycles. The second kappa shape index (κ2) is 7.33. The molecule has 4 fully saturated rings. The van der Waals surface area contributed by atoms with Crippen molar-refractivity contribution in [3.05, 3.63) is 5.76 Å². The average molecular weight is 381 g/mol. The van der Waals surface area contributed by atoms with E-state index in [1.54, 1.807) is 0 Å². The minimum Gasteiger partial charge on any atom is -0.475 e. The van der Waals surface area contributed by atoms with Gasteiger partial charge in [0.15, 0.2) is 4.90 Å². The van der Waals surface area contributed by atoms with Crippen LogP contribution < -0.4 is 10.1 Å². The zero-order valence-electron chi connectivity index (χ0n) is 15.5. The summed E-state index contributed by atoms with van der Waals surface area (Å²) >= 11 is 0. The van der Waals surface area contributed by atoms with Gasteiger partial charge in [-0.05, 0) is 67.4 Å². The first-order valence-corrected chi connectivity index (χ1v) is 11.4. The molecule has 1 atom stereocenters. The Kier molecular flexibility index (Phi) is 5.08. The van der Waals surface area contributed by atoms with E-state index in [0.29, 0.717) is 18.4 Å². The van der Waals surface area contributed by atoms with Crippen LogP contribution in [0.15, 0.2) is 9.42 Å². The van der Waals surface area contributed by atoms with Gasteiger partial charge >= 0.3 is 0 Å². The lowest BCUT2D eigenvalue weighted by Crippen LogP contribution is -2.55. The fraction of sp³-hybridized carbons (Fsp3) is 0.789. The van der Waals surface area contributed by atoms with Crippen LogP contribution in [0.3, 0.4) is 0 Å². The zero-order valence-corrected chi connectivity index (χ0v) is 16.3. The van der Waals surface area contributed by atoms with Crippen molar-refractivity contribution in [3.8, 4) is 5.88 Å². The molecule has 5 rings (SSSR count).